The second-order valence-corrected chi connectivity index (χ2v) is 6.76. The van der Waals surface area contributed by atoms with Gasteiger partial charge in [-0.25, -0.2) is 0 Å². The van der Waals surface area contributed by atoms with Gasteiger partial charge in [0.2, 0.25) is 0 Å². The lowest BCUT2D eigenvalue weighted by molar-refractivity contribution is 0.0165. The molecule has 1 N–H and O–H groups in total. The molecule has 2 heterocycles. The first-order chi connectivity index (χ1) is 9.93. The van der Waals surface area contributed by atoms with Gasteiger partial charge >= 0.3 is 0 Å². The summed E-state index contributed by atoms with van der Waals surface area (Å²) in [6.45, 7) is 3.58. The van der Waals surface area contributed by atoms with Crippen molar-refractivity contribution in [2.24, 2.45) is 0 Å². The molecule has 20 heavy (non-hydrogen) atoms. The fourth-order valence-electron chi connectivity index (χ4n) is 3.14. The lowest BCUT2D eigenvalue weighted by Crippen LogP contribution is -2.26. The van der Waals surface area contributed by atoms with E-state index in [1.807, 2.05) is 11.3 Å². The van der Waals surface area contributed by atoms with E-state index >= 15 is 0 Å². The third-order valence-electron chi connectivity index (χ3n) is 4.24. The van der Waals surface area contributed by atoms with Crippen molar-refractivity contribution in [1.82, 2.24) is 5.32 Å². The summed E-state index contributed by atoms with van der Waals surface area (Å²) in [5.41, 5.74) is 1.54. The van der Waals surface area contributed by atoms with E-state index in [0.29, 0.717) is 12.1 Å². The highest BCUT2D eigenvalue weighted by atomic mass is 32.1. The third-order valence-corrected chi connectivity index (χ3v) is 5.23. The van der Waals surface area contributed by atoms with Crippen LogP contribution in [0.2, 0.25) is 0 Å². The summed E-state index contributed by atoms with van der Waals surface area (Å²) in [5.74, 6) is 0. The Morgan fingerprint density at radius 2 is 2.35 bits per heavy atom. The molecule has 0 aromatic carbocycles. The minimum atomic E-state index is 0.356. The molecule has 1 aliphatic heterocycles. The number of hydrogen-bond donors (Lipinski definition) is 1. The van der Waals surface area contributed by atoms with Crippen molar-refractivity contribution in [2.75, 3.05) is 26.4 Å². The van der Waals surface area contributed by atoms with Crippen molar-refractivity contribution in [3.05, 3.63) is 21.9 Å². The Morgan fingerprint density at radius 3 is 3.25 bits per heavy atom. The standard InChI is InChI=1S/C16H25NO2S/c1-5-15(14-7-11-20-16(14)6-1)17-8-3-9-18-12-13-4-2-10-19-13/h7,11,13,15,17H,1-6,8-10,12H2. The second kappa shape index (κ2) is 7.55. The van der Waals surface area contributed by atoms with Gasteiger partial charge in [0.05, 0.1) is 12.7 Å². The molecule has 3 nitrogen and oxygen atoms in total. The van der Waals surface area contributed by atoms with Crippen LogP contribution in [0.15, 0.2) is 11.4 Å². The Bertz CT molecular complexity index is 401. The van der Waals surface area contributed by atoms with Gasteiger partial charge in [0.25, 0.3) is 0 Å². The van der Waals surface area contributed by atoms with Crippen molar-refractivity contribution in [1.29, 1.82) is 0 Å². The van der Waals surface area contributed by atoms with Gasteiger partial charge < -0.3 is 14.8 Å². The molecule has 0 spiro atoms. The Kier molecular flexibility index (Phi) is 5.48. The molecule has 2 aliphatic rings. The fourth-order valence-corrected chi connectivity index (χ4v) is 4.13. The summed E-state index contributed by atoms with van der Waals surface area (Å²) in [5, 5.41) is 5.92. The number of rotatable bonds is 7. The van der Waals surface area contributed by atoms with Crippen molar-refractivity contribution in [3.63, 3.8) is 0 Å². The average Bonchev–Trinajstić information content (AvgIpc) is 3.13. The zero-order valence-corrected chi connectivity index (χ0v) is 12.9. The number of hydrogen-bond acceptors (Lipinski definition) is 4. The predicted molar refractivity (Wildman–Crippen MR) is 82.4 cm³/mol. The predicted octanol–water partition coefficient (Wildman–Crippen LogP) is 3.30. The molecule has 1 aromatic heterocycles. The highest BCUT2D eigenvalue weighted by molar-refractivity contribution is 7.10. The normalized spacial score (nSPS) is 25.8. The lowest BCUT2D eigenvalue weighted by atomic mass is 9.94. The molecule has 1 fully saturated rings. The molecule has 0 radical (unpaired) electrons. The molecule has 0 bridgehead atoms. The summed E-state index contributed by atoms with van der Waals surface area (Å²) in [6.07, 6.45) is 7.68. The quantitative estimate of drug-likeness (QED) is 0.783. The van der Waals surface area contributed by atoms with Crippen LogP contribution in [-0.2, 0) is 15.9 Å². The summed E-state index contributed by atoms with van der Waals surface area (Å²) in [7, 11) is 0. The van der Waals surface area contributed by atoms with Crippen LogP contribution in [0, 0.1) is 0 Å². The summed E-state index contributed by atoms with van der Waals surface area (Å²) in [6, 6.07) is 2.87. The van der Waals surface area contributed by atoms with E-state index in [-0.39, 0.29) is 0 Å². The van der Waals surface area contributed by atoms with E-state index < -0.39 is 0 Å². The fraction of sp³-hybridized carbons (Fsp3) is 0.750. The van der Waals surface area contributed by atoms with Gasteiger partial charge in [0, 0.05) is 24.1 Å². The maximum absolute atomic E-state index is 5.70. The van der Waals surface area contributed by atoms with Crippen LogP contribution in [-0.4, -0.2) is 32.5 Å². The smallest absolute Gasteiger partial charge is 0.0809 e. The first kappa shape index (κ1) is 14.5. The van der Waals surface area contributed by atoms with E-state index in [2.05, 4.69) is 16.8 Å². The summed E-state index contributed by atoms with van der Waals surface area (Å²) >= 11 is 1.91. The van der Waals surface area contributed by atoms with Crippen molar-refractivity contribution in [3.8, 4) is 0 Å². The highest BCUT2D eigenvalue weighted by Gasteiger charge is 2.20. The van der Waals surface area contributed by atoms with Crippen LogP contribution < -0.4 is 5.32 Å². The van der Waals surface area contributed by atoms with Crippen LogP contribution in [0.5, 0.6) is 0 Å². The molecule has 2 atom stereocenters. The van der Waals surface area contributed by atoms with Crippen LogP contribution in [0.4, 0.5) is 0 Å². The van der Waals surface area contributed by atoms with Crippen LogP contribution in [0.25, 0.3) is 0 Å². The van der Waals surface area contributed by atoms with E-state index in [9.17, 15) is 0 Å². The SMILES string of the molecule is c1cc2c(s1)CCCC2NCCCOCC1CCCO1. The van der Waals surface area contributed by atoms with Gasteiger partial charge in [-0.15, -0.1) is 11.3 Å². The molecular weight excluding hydrogens is 270 g/mol. The molecule has 1 aromatic rings. The summed E-state index contributed by atoms with van der Waals surface area (Å²) in [4.78, 5) is 1.59. The van der Waals surface area contributed by atoms with Crippen LogP contribution in [0.1, 0.15) is 48.6 Å². The van der Waals surface area contributed by atoms with Crippen LogP contribution in [0.3, 0.4) is 0 Å². The van der Waals surface area contributed by atoms with Gasteiger partial charge in [0.1, 0.15) is 0 Å². The molecule has 0 saturated carbocycles. The first-order valence-electron chi connectivity index (χ1n) is 7.92. The van der Waals surface area contributed by atoms with Gasteiger partial charge in [-0.2, -0.15) is 0 Å². The lowest BCUT2D eigenvalue weighted by Gasteiger charge is -2.23. The largest absolute Gasteiger partial charge is 0.379 e. The Balaban J connectivity index is 1.29. The molecule has 2 unspecified atom stereocenters. The Morgan fingerprint density at radius 1 is 1.35 bits per heavy atom. The second-order valence-electron chi connectivity index (χ2n) is 5.76. The van der Waals surface area contributed by atoms with E-state index in [4.69, 9.17) is 9.47 Å². The average molecular weight is 295 g/mol. The maximum Gasteiger partial charge on any atom is 0.0809 e. The topological polar surface area (TPSA) is 30.5 Å². The minimum absolute atomic E-state index is 0.356. The van der Waals surface area contributed by atoms with Crippen LogP contribution >= 0.6 is 11.3 Å². The molecule has 1 aliphatic carbocycles. The van der Waals surface area contributed by atoms with E-state index in [1.165, 1.54) is 32.1 Å². The van der Waals surface area contributed by atoms with E-state index in [1.54, 1.807) is 10.4 Å². The summed E-state index contributed by atoms with van der Waals surface area (Å²) < 4.78 is 11.2. The molecule has 3 rings (SSSR count). The monoisotopic (exact) mass is 295 g/mol. The zero-order chi connectivity index (χ0) is 13.6. The molecule has 1 saturated heterocycles. The van der Waals surface area contributed by atoms with Crippen molar-refractivity contribution in [2.45, 2.75) is 50.7 Å². The maximum atomic E-state index is 5.70. The van der Waals surface area contributed by atoms with Gasteiger partial charge in [-0.3, -0.25) is 0 Å². The van der Waals surface area contributed by atoms with Gasteiger partial charge in [0.15, 0.2) is 0 Å². The number of fused-ring (bicyclic) bond motifs is 1. The molecule has 0 amide bonds. The Hall–Kier alpha value is -0.420. The van der Waals surface area contributed by atoms with Crippen molar-refractivity contribution < 1.29 is 9.47 Å². The first-order valence-corrected chi connectivity index (χ1v) is 8.80. The Labute approximate surface area is 125 Å². The van der Waals surface area contributed by atoms with Gasteiger partial charge in [-0.1, -0.05) is 0 Å². The molecular formula is C16H25NO2S. The van der Waals surface area contributed by atoms with E-state index in [0.717, 1.165) is 32.8 Å². The third kappa shape index (κ3) is 3.82. The minimum Gasteiger partial charge on any atom is -0.379 e. The zero-order valence-electron chi connectivity index (χ0n) is 12.1. The number of nitrogens with one attached hydrogen (secondary N) is 1. The van der Waals surface area contributed by atoms with Gasteiger partial charge in [-0.05, 0) is 62.1 Å². The van der Waals surface area contributed by atoms with Crippen molar-refractivity contribution >= 4 is 11.3 Å². The highest BCUT2D eigenvalue weighted by Crippen LogP contribution is 2.33. The molecule has 4 heteroatoms. The number of aryl methyl sites for hydroxylation is 1. The number of thiophene rings is 1. The number of ether oxygens (including phenoxy) is 2. The molecule has 112 valence electrons.